The van der Waals surface area contributed by atoms with Crippen LogP contribution in [0.1, 0.15) is 31.7 Å². The number of ether oxygens (including phenoxy) is 1. The Balaban J connectivity index is 2.59. The predicted molar refractivity (Wildman–Crippen MR) is 74.8 cm³/mol. The molecule has 0 aromatic carbocycles. The van der Waals surface area contributed by atoms with Crippen molar-refractivity contribution in [1.82, 2.24) is 15.1 Å². The molecule has 0 saturated heterocycles. The third kappa shape index (κ3) is 4.78. The lowest BCUT2D eigenvalue weighted by Crippen LogP contribution is -2.34. The molecule has 2 atom stereocenters. The number of nitrogens with one attached hydrogen (secondary N) is 1. The summed E-state index contributed by atoms with van der Waals surface area (Å²) in [5.41, 5.74) is 2.38. The van der Waals surface area contributed by atoms with Gasteiger partial charge in [0.1, 0.15) is 0 Å². The summed E-state index contributed by atoms with van der Waals surface area (Å²) in [5.74, 6) is 0.577. The maximum Gasteiger partial charge on any atom is 0.0596 e. The summed E-state index contributed by atoms with van der Waals surface area (Å²) in [6, 6.07) is 2.67. The minimum absolute atomic E-state index is 0.495. The molecule has 18 heavy (non-hydrogen) atoms. The fourth-order valence-corrected chi connectivity index (χ4v) is 2.47. The van der Waals surface area contributed by atoms with E-state index in [0.717, 1.165) is 31.7 Å². The Morgan fingerprint density at radius 2 is 2.22 bits per heavy atom. The average Bonchev–Trinajstić information content (AvgIpc) is 2.58. The minimum atomic E-state index is 0.495. The Bertz CT molecular complexity index is 349. The van der Waals surface area contributed by atoms with Gasteiger partial charge in [0.05, 0.1) is 5.69 Å². The van der Waals surface area contributed by atoms with Gasteiger partial charge < -0.3 is 10.1 Å². The van der Waals surface area contributed by atoms with Crippen LogP contribution in [0, 0.1) is 12.8 Å². The van der Waals surface area contributed by atoms with Crippen molar-refractivity contribution in [3.05, 3.63) is 17.5 Å². The van der Waals surface area contributed by atoms with Gasteiger partial charge in [0.15, 0.2) is 0 Å². The van der Waals surface area contributed by atoms with E-state index in [1.54, 1.807) is 7.11 Å². The van der Waals surface area contributed by atoms with Gasteiger partial charge in [0.2, 0.25) is 0 Å². The smallest absolute Gasteiger partial charge is 0.0596 e. The van der Waals surface area contributed by atoms with Crippen LogP contribution in [0.25, 0.3) is 0 Å². The molecular weight excluding hydrogens is 226 g/mol. The molecule has 1 aromatic rings. The fourth-order valence-electron chi connectivity index (χ4n) is 2.47. The molecule has 2 unspecified atom stereocenters. The highest BCUT2D eigenvalue weighted by Crippen LogP contribution is 2.12. The number of rotatable bonds is 8. The Kier molecular flexibility index (Phi) is 6.36. The molecule has 0 fully saturated rings. The molecule has 0 amide bonds. The van der Waals surface area contributed by atoms with Crippen molar-refractivity contribution in [2.24, 2.45) is 13.0 Å². The number of likely N-dealkylation sites (N-methyl/N-ethyl adjacent to an activating group) is 1. The lowest BCUT2D eigenvalue weighted by Gasteiger charge is -2.21. The molecule has 4 heteroatoms. The first kappa shape index (κ1) is 15.2. The standard InChI is InChI=1S/C14H27N3O/c1-6-15-13(7-11(2)10-18-5)9-14-8-12(3)16-17(14)4/h8,11,13,15H,6-7,9-10H2,1-5H3. The highest BCUT2D eigenvalue weighted by Gasteiger charge is 2.15. The monoisotopic (exact) mass is 253 g/mol. The van der Waals surface area contributed by atoms with E-state index in [1.807, 2.05) is 18.7 Å². The topological polar surface area (TPSA) is 39.1 Å². The van der Waals surface area contributed by atoms with Crippen molar-refractivity contribution in [3.63, 3.8) is 0 Å². The third-order valence-corrected chi connectivity index (χ3v) is 3.19. The fraction of sp³-hybridized carbons (Fsp3) is 0.786. The largest absolute Gasteiger partial charge is 0.384 e. The van der Waals surface area contributed by atoms with Crippen LogP contribution in [0.5, 0.6) is 0 Å². The normalized spacial score (nSPS) is 14.7. The van der Waals surface area contributed by atoms with Crippen molar-refractivity contribution in [2.75, 3.05) is 20.3 Å². The van der Waals surface area contributed by atoms with Crippen LogP contribution in [0.3, 0.4) is 0 Å². The van der Waals surface area contributed by atoms with Gasteiger partial charge in [-0.25, -0.2) is 0 Å². The zero-order chi connectivity index (χ0) is 13.5. The number of hydrogen-bond acceptors (Lipinski definition) is 3. The van der Waals surface area contributed by atoms with Gasteiger partial charge in [-0.15, -0.1) is 0 Å². The number of nitrogens with zero attached hydrogens (tertiary/aromatic N) is 2. The van der Waals surface area contributed by atoms with E-state index < -0.39 is 0 Å². The average molecular weight is 253 g/mol. The number of aryl methyl sites for hydroxylation is 2. The Hall–Kier alpha value is -0.870. The van der Waals surface area contributed by atoms with Crippen LogP contribution >= 0.6 is 0 Å². The minimum Gasteiger partial charge on any atom is -0.384 e. The van der Waals surface area contributed by atoms with E-state index in [-0.39, 0.29) is 0 Å². The maximum absolute atomic E-state index is 5.22. The van der Waals surface area contributed by atoms with Crippen LogP contribution in [-0.4, -0.2) is 36.1 Å². The molecule has 1 aromatic heterocycles. The Labute approximate surface area is 111 Å². The number of hydrogen-bond donors (Lipinski definition) is 1. The number of aromatic nitrogens is 2. The van der Waals surface area contributed by atoms with Crippen LogP contribution in [0.15, 0.2) is 6.07 Å². The highest BCUT2D eigenvalue weighted by molar-refractivity contribution is 5.10. The van der Waals surface area contributed by atoms with E-state index >= 15 is 0 Å². The van der Waals surface area contributed by atoms with E-state index in [9.17, 15) is 0 Å². The maximum atomic E-state index is 5.22. The summed E-state index contributed by atoms with van der Waals surface area (Å²) in [4.78, 5) is 0. The zero-order valence-corrected chi connectivity index (χ0v) is 12.4. The molecule has 0 aliphatic carbocycles. The van der Waals surface area contributed by atoms with Crippen molar-refractivity contribution in [3.8, 4) is 0 Å². The summed E-state index contributed by atoms with van der Waals surface area (Å²) < 4.78 is 7.20. The molecule has 4 nitrogen and oxygen atoms in total. The van der Waals surface area contributed by atoms with Crippen molar-refractivity contribution >= 4 is 0 Å². The van der Waals surface area contributed by atoms with Gasteiger partial charge in [-0.2, -0.15) is 5.10 Å². The van der Waals surface area contributed by atoms with Gasteiger partial charge in [0.25, 0.3) is 0 Å². The van der Waals surface area contributed by atoms with Gasteiger partial charge in [0, 0.05) is 38.9 Å². The van der Waals surface area contributed by atoms with Gasteiger partial charge in [-0.3, -0.25) is 4.68 Å². The molecular formula is C14H27N3O. The summed E-state index contributed by atoms with van der Waals surface area (Å²) in [6.07, 6.45) is 2.16. The Morgan fingerprint density at radius 3 is 2.72 bits per heavy atom. The molecule has 0 aliphatic rings. The quantitative estimate of drug-likeness (QED) is 0.769. The van der Waals surface area contributed by atoms with Crippen LogP contribution in [-0.2, 0) is 18.2 Å². The second-order valence-corrected chi connectivity index (χ2v) is 5.16. The van der Waals surface area contributed by atoms with Crippen molar-refractivity contribution in [1.29, 1.82) is 0 Å². The molecule has 104 valence electrons. The third-order valence-electron chi connectivity index (χ3n) is 3.19. The molecule has 1 heterocycles. The second kappa shape index (κ2) is 7.54. The van der Waals surface area contributed by atoms with Gasteiger partial charge in [-0.1, -0.05) is 13.8 Å². The second-order valence-electron chi connectivity index (χ2n) is 5.16. The molecule has 0 radical (unpaired) electrons. The Morgan fingerprint density at radius 1 is 1.50 bits per heavy atom. The molecule has 0 spiro atoms. The first-order valence-electron chi connectivity index (χ1n) is 6.78. The van der Waals surface area contributed by atoms with Crippen LogP contribution < -0.4 is 5.32 Å². The first-order valence-corrected chi connectivity index (χ1v) is 6.78. The van der Waals surface area contributed by atoms with Crippen LogP contribution in [0.4, 0.5) is 0 Å². The highest BCUT2D eigenvalue weighted by atomic mass is 16.5. The van der Waals surface area contributed by atoms with E-state index in [4.69, 9.17) is 4.74 Å². The lowest BCUT2D eigenvalue weighted by atomic mass is 9.98. The summed E-state index contributed by atoms with van der Waals surface area (Å²) in [7, 11) is 3.78. The molecule has 0 aliphatic heterocycles. The lowest BCUT2D eigenvalue weighted by molar-refractivity contribution is 0.149. The molecule has 0 bridgehead atoms. The van der Waals surface area contributed by atoms with Crippen molar-refractivity contribution < 1.29 is 4.74 Å². The molecule has 1 N–H and O–H groups in total. The summed E-state index contributed by atoms with van der Waals surface area (Å²) in [6.45, 7) is 8.26. The van der Waals surface area contributed by atoms with Crippen molar-refractivity contribution in [2.45, 2.75) is 39.7 Å². The predicted octanol–water partition coefficient (Wildman–Crippen LogP) is 1.92. The van der Waals surface area contributed by atoms with Gasteiger partial charge >= 0.3 is 0 Å². The molecule has 0 saturated carbocycles. The van der Waals surface area contributed by atoms with E-state index in [1.165, 1.54) is 5.69 Å². The first-order chi connectivity index (χ1) is 8.56. The zero-order valence-electron chi connectivity index (χ0n) is 12.4. The number of methoxy groups -OCH3 is 1. The molecule has 1 rings (SSSR count). The van der Waals surface area contributed by atoms with Crippen LogP contribution in [0.2, 0.25) is 0 Å². The summed E-state index contributed by atoms with van der Waals surface area (Å²) in [5, 5.41) is 7.96. The SMILES string of the molecule is CCNC(Cc1cc(C)nn1C)CC(C)COC. The summed E-state index contributed by atoms with van der Waals surface area (Å²) >= 11 is 0. The van der Waals surface area contributed by atoms with Gasteiger partial charge in [-0.05, 0) is 31.9 Å². The van der Waals surface area contributed by atoms with E-state index in [0.29, 0.717) is 12.0 Å². The van der Waals surface area contributed by atoms with E-state index in [2.05, 4.69) is 30.3 Å².